The van der Waals surface area contributed by atoms with E-state index in [0.717, 1.165) is 13.1 Å². The van der Waals surface area contributed by atoms with E-state index in [2.05, 4.69) is 72.0 Å². The summed E-state index contributed by atoms with van der Waals surface area (Å²) in [5, 5.41) is 0. The van der Waals surface area contributed by atoms with E-state index in [-0.39, 0.29) is 34.0 Å². The van der Waals surface area contributed by atoms with Crippen LogP contribution in [-0.4, -0.2) is 0 Å². The number of hydrogen-bond donors (Lipinski definition) is 0. The van der Waals surface area contributed by atoms with Gasteiger partial charge in [-0.3, -0.25) is 0 Å². The standard InChI is InChI=1S/C38H66N2.2BrH/c1-3-5-7-9-11-13-15-17-19-21-23-25-31-39-33-27-29-37(35-39)38-30-28-34-40(36-38)32-26-24-22-20-18-16-14-12-10-8-6-4-2;;/h27-30,33-36H,3-26,31-32H2,1-2H3;2*1H/q+2;;/p-2. The highest BCUT2D eigenvalue weighted by Gasteiger charge is 2.09. The lowest BCUT2D eigenvalue weighted by Gasteiger charge is -2.04. The average molecular weight is 711 g/mol. The third-order valence-electron chi connectivity index (χ3n) is 8.59. The van der Waals surface area contributed by atoms with Crippen molar-refractivity contribution in [3.63, 3.8) is 0 Å². The topological polar surface area (TPSA) is 7.76 Å². The predicted octanol–water partition coefficient (Wildman–Crippen LogP) is 5.34. The quantitative estimate of drug-likeness (QED) is 0.0875. The molecule has 42 heavy (non-hydrogen) atoms. The molecule has 0 spiro atoms. The van der Waals surface area contributed by atoms with Crippen molar-refractivity contribution in [1.82, 2.24) is 0 Å². The first-order valence-electron chi connectivity index (χ1n) is 17.8. The molecule has 2 aromatic heterocycles. The van der Waals surface area contributed by atoms with Crippen LogP contribution in [0.3, 0.4) is 0 Å². The van der Waals surface area contributed by atoms with E-state index in [1.807, 2.05) is 0 Å². The van der Waals surface area contributed by atoms with E-state index in [1.165, 1.54) is 165 Å². The first-order valence-corrected chi connectivity index (χ1v) is 17.8. The second-order valence-electron chi connectivity index (χ2n) is 12.4. The number of halogens is 2. The summed E-state index contributed by atoms with van der Waals surface area (Å²) in [7, 11) is 0. The molecule has 0 saturated carbocycles. The molecule has 2 nitrogen and oxygen atoms in total. The van der Waals surface area contributed by atoms with Crippen LogP contribution in [0, 0.1) is 0 Å². The maximum absolute atomic E-state index is 2.40. The van der Waals surface area contributed by atoms with E-state index in [0.29, 0.717) is 0 Å². The summed E-state index contributed by atoms with van der Waals surface area (Å²) in [6.45, 7) is 6.87. The van der Waals surface area contributed by atoms with Crippen molar-refractivity contribution in [3.05, 3.63) is 49.1 Å². The fraction of sp³-hybridized carbons (Fsp3) is 0.737. The Bertz CT molecular complexity index is 772. The smallest absolute Gasteiger partial charge is 0.176 e. The van der Waals surface area contributed by atoms with Gasteiger partial charge in [0.05, 0.1) is 11.1 Å². The first kappa shape index (κ1) is 41.3. The Morgan fingerprint density at radius 3 is 0.929 bits per heavy atom. The molecule has 0 fully saturated rings. The van der Waals surface area contributed by atoms with Crippen molar-refractivity contribution >= 4 is 0 Å². The van der Waals surface area contributed by atoms with Crippen molar-refractivity contribution in [3.8, 4) is 11.1 Å². The number of hydrogen-bond acceptors (Lipinski definition) is 0. The normalized spacial score (nSPS) is 10.8. The largest absolute Gasteiger partial charge is 1.00 e. The molecule has 2 aromatic rings. The van der Waals surface area contributed by atoms with Crippen LogP contribution in [-0.2, 0) is 13.1 Å². The van der Waals surface area contributed by atoms with Gasteiger partial charge in [0.2, 0.25) is 0 Å². The molecule has 0 aromatic carbocycles. The Balaban J connectivity index is 0.00000840. The molecule has 0 aliphatic rings. The van der Waals surface area contributed by atoms with E-state index >= 15 is 0 Å². The molecule has 0 radical (unpaired) electrons. The van der Waals surface area contributed by atoms with E-state index < -0.39 is 0 Å². The summed E-state index contributed by atoms with van der Waals surface area (Å²) in [4.78, 5) is 0. The highest BCUT2D eigenvalue weighted by molar-refractivity contribution is 5.59. The van der Waals surface area contributed by atoms with Gasteiger partial charge in [0.15, 0.2) is 24.8 Å². The van der Waals surface area contributed by atoms with Gasteiger partial charge >= 0.3 is 0 Å². The van der Waals surface area contributed by atoms with Crippen LogP contribution in [0.5, 0.6) is 0 Å². The molecule has 0 aliphatic carbocycles. The number of rotatable bonds is 27. The molecule has 4 heteroatoms. The molecule has 0 saturated heterocycles. The minimum atomic E-state index is 0. The molecule has 0 unspecified atom stereocenters. The van der Waals surface area contributed by atoms with Gasteiger partial charge in [0.1, 0.15) is 13.1 Å². The van der Waals surface area contributed by atoms with Gasteiger partial charge in [-0.2, -0.15) is 0 Å². The van der Waals surface area contributed by atoms with Crippen LogP contribution in [0.1, 0.15) is 168 Å². The van der Waals surface area contributed by atoms with Gasteiger partial charge < -0.3 is 34.0 Å². The van der Waals surface area contributed by atoms with Gasteiger partial charge in [0, 0.05) is 25.0 Å². The number of pyridine rings is 2. The molecule has 0 atom stereocenters. The maximum Gasteiger partial charge on any atom is 0.176 e. The van der Waals surface area contributed by atoms with Crippen LogP contribution >= 0.6 is 0 Å². The lowest BCUT2D eigenvalue weighted by atomic mass is 10.1. The summed E-state index contributed by atoms with van der Waals surface area (Å²) in [6.07, 6.45) is 43.0. The molecule has 0 bridgehead atoms. The second kappa shape index (κ2) is 30.3. The Morgan fingerprint density at radius 1 is 0.381 bits per heavy atom. The number of unbranched alkanes of at least 4 members (excludes halogenated alkanes) is 22. The Labute approximate surface area is 283 Å². The fourth-order valence-corrected chi connectivity index (χ4v) is 5.93. The minimum Gasteiger partial charge on any atom is -1.00 e. The van der Waals surface area contributed by atoms with Gasteiger partial charge in [0.25, 0.3) is 0 Å². The fourth-order valence-electron chi connectivity index (χ4n) is 5.93. The van der Waals surface area contributed by atoms with Gasteiger partial charge in [-0.25, -0.2) is 9.13 Å². The molecule has 242 valence electrons. The Hall–Kier alpha value is -0.740. The van der Waals surface area contributed by atoms with Crippen molar-refractivity contribution in [2.45, 2.75) is 181 Å². The van der Waals surface area contributed by atoms with E-state index in [1.54, 1.807) is 0 Å². The molecular formula is C38H66Br2N2. The highest BCUT2D eigenvalue weighted by Crippen LogP contribution is 2.16. The maximum atomic E-state index is 2.40. The van der Waals surface area contributed by atoms with Gasteiger partial charge in [-0.1, -0.05) is 142 Å². The van der Waals surface area contributed by atoms with Crippen LogP contribution in [0.25, 0.3) is 11.1 Å². The SMILES string of the molecule is CCCCCCCCCCCCCC[n+]1cccc(-c2ccc[n+](CCCCCCCCCCCCCC)c2)c1.[Br-].[Br-]. The molecule has 2 rings (SSSR count). The minimum absolute atomic E-state index is 0. The van der Waals surface area contributed by atoms with E-state index in [9.17, 15) is 0 Å². The Morgan fingerprint density at radius 2 is 0.643 bits per heavy atom. The molecular weight excluding hydrogens is 644 g/mol. The molecule has 2 heterocycles. The number of nitrogens with zero attached hydrogens (tertiary/aromatic N) is 2. The summed E-state index contributed by atoms with van der Waals surface area (Å²) in [5.74, 6) is 0. The summed E-state index contributed by atoms with van der Waals surface area (Å²) in [6, 6.07) is 8.97. The zero-order chi connectivity index (χ0) is 28.4. The highest BCUT2D eigenvalue weighted by atomic mass is 79.9. The summed E-state index contributed by atoms with van der Waals surface area (Å²) < 4.78 is 4.79. The average Bonchev–Trinajstić information content (AvgIpc) is 2.98. The van der Waals surface area contributed by atoms with Crippen molar-refractivity contribution < 1.29 is 43.1 Å². The zero-order valence-electron chi connectivity index (χ0n) is 27.7. The van der Waals surface area contributed by atoms with Crippen LogP contribution in [0.15, 0.2) is 49.1 Å². The summed E-state index contributed by atoms with van der Waals surface area (Å²) >= 11 is 0. The predicted molar refractivity (Wildman–Crippen MR) is 174 cm³/mol. The summed E-state index contributed by atoms with van der Waals surface area (Å²) in [5.41, 5.74) is 2.68. The van der Waals surface area contributed by atoms with Crippen LogP contribution in [0.4, 0.5) is 0 Å². The lowest BCUT2D eigenvalue weighted by molar-refractivity contribution is -0.698. The lowest BCUT2D eigenvalue weighted by Crippen LogP contribution is -3.00. The van der Waals surface area contributed by atoms with Crippen LogP contribution < -0.4 is 43.1 Å². The van der Waals surface area contributed by atoms with Gasteiger partial charge in [-0.15, -0.1) is 0 Å². The zero-order valence-corrected chi connectivity index (χ0v) is 30.8. The molecule has 0 amide bonds. The first-order chi connectivity index (χ1) is 19.8. The third kappa shape index (κ3) is 21.9. The van der Waals surface area contributed by atoms with Crippen LogP contribution in [0.2, 0.25) is 0 Å². The monoisotopic (exact) mass is 708 g/mol. The van der Waals surface area contributed by atoms with Crippen molar-refractivity contribution in [2.75, 3.05) is 0 Å². The molecule has 0 aliphatic heterocycles. The second-order valence-corrected chi connectivity index (χ2v) is 12.4. The number of aromatic nitrogens is 2. The van der Waals surface area contributed by atoms with Gasteiger partial charge in [-0.05, 0) is 25.0 Å². The third-order valence-corrected chi connectivity index (χ3v) is 8.59. The number of aryl methyl sites for hydroxylation is 2. The van der Waals surface area contributed by atoms with E-state index in [4.69, 9.17) is 0 Å². The van der Waals surface area contributed by atoms with Crippen molar-refractivity contribution in [2.24, 2.45) is 0 Å². The molecule has 0 N–H and O–H groups in total. The van der Waals surface area contributed by atoms with Crippen molar-refractivity contribution in [1.29, 1.82) is 0 Å². The Kier molecular flexibility index (Phi) is 29.8.